The minimum atomic E-state index is -0.622. The molecule has 1 heterocycles. The molecule has 0 fully saturated rings. The molecule has 3 rings (SSSR count). The lowest BCUT2D eigenvalue weighted by Gasteiger charge is -2.12. The minimum absolute atomic E-state index is 0.128. The number of ether oxygens (including phenoxy) is 1. The summed E-state index contributed by atoms with van der Waals surface area (Å²) in [4.78, 5) is 17.4. The number of halogens is 2. The second-order valence-electron chi connectivity index (χ2n) is 6.41. The molecule has 0 saturated carbocycles. The summed E-state index contributed by atoms with van der Waals surface area (Å²) in [6.07, 6.45) is 0.468. The van der Waals surface area contributed by atoms with Gasteiger partial charge in [0.25, 0.3) is 5.56 Å². The Hall–Kier alpha value is -2.67. The summed E-state index contributed by atoms with van der Waals surface area (Å²) in [6.45, 7) is 1.80. The smallest absolute Gasteiger partial charge is 0.257 e. The van der Waals surface area contributed by atoms with E-state index in [-0.39, 0.29) is 5.56 Å². The van der Waals surface area contributed by atoms with E-state index in [1.807, 2.05) is 24.3 Å². The molecule has 2 aromatic carbocycles. The van der Waals surface area contributed by atoms with Gasteiger partial charge in [-0.15, -0.1) is 0 Å². The van der Waals surface area contributed by atoms with Crippen LogP contribution in [0.2, 0.25) is 0 Å². The largest absolute Gasteiger partial charge is 0.497 e. The SMILES string of the molecule is COc1ccc(Cc2c(C)nc(SCc3cc(F)cc(F)c3)n(C)c2=O)cc1. The molecule has 0 radical (unpaired) electrons. The lowest BCUT2D eigenvalue weighted by Crippen LogP contribution is -2.25. The maximum atomic E-state index is 13.3. The maximum Gasteiger partial charge on any atom is 0.257 e. The third kappa shape index (κ3) is 4.59. The fourth-order valence-electron chi connectivity index (χ4n) is 2.85. The average Bonchev–Trinajstić information content (AvgIpc) is 2.66. The van der Waals surface area contributed by atoms with Crippen molar-refractivity contribution in [3.05, 3.63) is 86.8 Å². The molecule has 28 heavy (non-hydrogen) atoms. The number of thioether (sulfide) groups is 1. The molecule has 1 aromatic heterocycles. The Morgan fingerprint density at radius 3 is 2.32 bits per heavy atom. The molecule has 4 nitrogen and oxygen atoms in total. The van der Waals surface area contributed by atoms with Crippen LogP contribution in [-0.4, -0.2) is 16.7 Å². The van der Waals surface area contributed by atoms with Crippen molar-refractivity contribution in [2.24, 2.45) is 7.05 Å². The van der Waals surface area contributed by atoms with Crippen LogP contribution in [0.25, 0.3) is 0 Å². The molecule has 0 saturated heterocycles. The van der Waals surface area contributed by atoms with Crippen molar-refractivity contribution in [2.75, 3.05) is 7.11 Å². The molecule has 7 heteroatoms. The summed E-state index contributed by atoms with van der Waals surface area (Å²) in [6, 6.07) is 10.9. The molecule has 0 aliphatic carbocycles. The van der Waals surface area contributed by atoms with E-state index in [4.69, 9.17) is 4.74 Å². The number of benzene rings is 2. The van der Waals surface area contributed by atoms with E-state index in [0.717, 1.165) is 17.4 Å². The van der Waals surface area contributed by atoms with Crippen molar-refractivity contribution >= 4 is 11.8 Å². The minimum Gasteiger partial charge on any atom is -0.497 e. The lowest BCUT2D eigenvalue weighted by molar-refractivity contribution is 0.414. The van der Waals surface area contributed by atoms with Gasteiger partial charge in [-0.05, 0) is 42.3 Å². The molecular weight excluding hydrogens is 382 g/mol. The van der Waals surface area contributed by atoms with Gasteiger partial charge in [0.05, 0.1) is 7.11 Å². The van der Waals surface area contributed by atoms with E-state index in [9.17, 15) is 13.6 Å². The number of nitrogens with zero attached hydrogens (tertiary/aromatic N) is 2. The monoisotopic (exact) mass is 402 g/mol. The Morgan fingerprint density at radius 1 is 1.07 bits per heavy atom. The lowest BCUT2D eigenvalue weighted by atomic mass is 10.1. The van der Waals surface area contributed by atoms with Gasteiger partial charge in [0.15, 0.2) is 5.16 Å². The van der Waals surface area contributed by atoms with Crippen molar-refractivity contribution in [1.29, 1.82) is 0 Å². The molecule has 0 aliphatic rings. The summed E-state index contributed by atoms with van der Waals surface area (Å²) in [5, 5.41) is 0.505. The maximum absolute atomic E-state index is 13.3. The van der Waals surface area contributed by atoms with Crippen molar-refractivity contribution in [3.8, 4) is 5.75 Å². The Morgan fingerprint density at radius 2 is 1.71 bits per heavy atom. The molecule has 0 atom stereocenters. The van der Waals surface area contributed by atoms with Gasteiger partial charge in [0, 0.05) is 36.5 Å². The highest BCUT2D eigenvalue weighted by Crippen LogP contribution is 2.22. The van der Waals surface area contributed by atoms with Crippen LogP contribution < -0.4 is 10.3 Å². The van der Waals surface area contributed by atoms with Crippen molar-refractivity contribution in [3.63, 3.8) is 0 Å². The van der Waals surface area contributed by atoms with Crippen LogP contribution in [0, 0.1) is 18.6 Å². The molecule has 0 unspecified atom stereocenters. The standard InChI is InChI=1S/C21H20F2N2O2S/c1-13-19(10-14-4-6-18(27-3)7-5-14)20(26)25(2)21(24-13)28-12-15-8-16(22)11-17(23)9-15/h4-9,11H,10,12H2,1-3H3. The van der Waals surface area contributed by atoms with E-state index in [0.29, 0.717) is 34.2 Å². The van der Waals surface area contributed by atoms with Crippen molar-refractivity contribution in [1.82, 2.24) is 9.55 Å². The first-order chi connectivity index (χ1) is 13.4. The van der Waals surface area contributed by atoms with Gasteiger partial charge < -0.3 is 4.74 Å². The highest BCUT2D eigenvalue weighted by molar-refractivity contribution is 7.98. The second-order valence-corrected chi connectivity index (χ2v) is 7.36. The number of methoxy groups -OCH3 is 1. The van der Waals surface area contributed by atoms with E-state index < -0.39 is 11.6 Å². The number of rotatable bonds is 6. The summed E-state index contributed by atoms with van der Waals surface area (Å²) in [5.41, 5.74) is 2.62. The molecule has 0 spiro atoms. The van der Waals surface area contributed by atoms with Crippen LogP contribution in [0.1, 0.15) is 22.4 Å². The Kier molecular flexibility index (Phi) is 6.14. The van der Waals surface area contributed by atoms with Gasteiger partial charge in [0.2, 0.25) is 0 Å². The number of hydrogen-bond acceptors (Lipinski definition) is 4. The number of aromatic nitrogens is 2. The van der Waals surface area contributed by atoms with Gasteiger partial charge in [-0.25, -0.2) is 13.8 Å². The van der Waals surface area contributed by atoms with E-state index in [2.05, 4.69) is 4.98 Å². The third-order valence-electron chi connectivity index (χ3n) is 4.38. The van der Waals surface area contributed by atoms with Gasteiger partial charge in [-0.3, -0.25) is 9.36 Å². The second kappa shape index (κ2) is 8.56. The highest BCUT2D eigenvalue weighted by Gasteiger charge is 2.13. The number of hydrogen-bond donors (Lipinski definition) is 0. The van der Waals surface area contributed by atoms with Crippen LogP contribution in [-0.2, 0) is 19.2 Å². The topological polar surface area (TPSA) is 44.1 Å². The normalized spacial score (nSPS) is 10.9. The molecule has 0 amide bonds. The third-order valence-corrected chi connectivity index (χ3v) is 5.48. The van der Waals surface area contributed by atoms with Crippen molar-refractivity contribution in [2.45, 2.75) is 24.3 Å². The first-order valence-corrected chi connectivity index (χ1v) is 9.63. The fraction of sp³-hybridized carbons (Fsp3) is 0.238. The van der Waals surface area contributed by atoms with Crippen LogP contribution in [0.5, 0.6) is 5.75 Å². The summed E-state index contributed by atoms with van der Waals surface area (Å²) < 4.78 is 33.3. The van der Waals surface area contributed by atoms with E-state index in [1.165, 1.54) is 28.5 Å². The summed E-state index contributed by atoms with van der Waals surface area (Å²) in [5.74, 6) is -0.175. The Balaban J connectivity index is 1.82. The summed E-state index contributed by atoms with van der Waals surface area (Å²) >= 11 is 1.27. The average molecular weight is 402 g/mol. The first-order valence-electron chi connectivity index (χ1n) is 8.64. The van der Waals surface area contributed by atoms with Gasteiger partial charge >= 0.3 is 0 Å². The molecule has 0 bridgehead atoms. The highest BCUT2D eigenvalue weighted by atomic mass is 32.2. The quantitative estimate of drug-likeness (QED) is 0.457. The summed E-state index contributed by atoms with van der Waals surface area (Å²) in [7, 11) is 3.26. The zero-order valence-corrected chi connectivity index (χ0v) is 16.6. The molecule has 3 aromatic rings. The zero-order chi connectivity index (χ0) is 20.3. The zero-order valence-electron chi connectivity index (χ0n) is 15.8. The van der Waals surface area contributed by atoms with E-state index in [1.54, 1.807) is 21.1 Å². The van der Waals surface area contributed by atoms with Gasteiger partial charge in [-0.2, -0.15) is 0 Å². The van der Waals surface area contributed by atoms with Gasteiger partial charge in [-0.1, -0.05) is 23.9 Å². The van der Waals surface area contributed by atoms with E-state index >= 15 is 0 Å². The van der Waals surface area contributed by atoms with Crippen LogP contribution in [0.15, 0.2) is 52.4 Å². The Labute approximate surface area is 166 Å². The molecule has 0 aliphatic heterocycles. The molecule has 0 N–H and O–H groups in total. The van der Waals surface area contributed by atoms with Crippen LogP contribution in [0.4, 0.5) is 8.78 Å². The predicted molar refractivity (Wildman–Crippen MR) is 106 cm³/mol. The number of aryl methyl sites for hydroxylation is 1. The Bertz CT molecular complexity index is 1030. The van der Waals surface area contributed by atoms with Gasteiger partial charge in [0.1, 0.15) is 17.4 Å². The van der Waals surface area contributed by atoms with Crippen LogP contribution >= 0.6 is 11.8 Å². The van der Waals surface area contributed by atoms with Crippen molar-refractivity contribution < 1.29 is 13.5 Å². The fourth-order valence-corrected chi connectivity index (χ4v) is 3.79. The molecular formula is C21H20F2N2O2S. The first kappa shape index (κ1) is 20.1. The predicted octanol–water partition coefficient (Wildman–Crippen LogP) is 4.26. The molecule has 146 valence electrons. The van der Waals surface area contributed by atoms with Crippen LogP contribution in [0.3, 0.4) is 0 Å².